The zero-order chi connectivity index (χ0) is 15.9. The smallest absolute Gasteiger partial charge is 0.387 e. The van der Waals surface area contributed by atoms with E-state index in [2.05, 4.69) is 4.74 Å². The standard InChI is InChI=1S/C16H21F2NO3/c1-2-19(11-14-7-3-4-9-21-14)15(20)12-6-5-8-13(10-12)22-16(17)18/h5-6,8,10,14,16H,2-4,7,9,11H2,1H3/t14-/m1/s1. The summed E-state index contributed by atoms with van der Waals surface area (Å²) in [5.41, 5.74) is 0.343. The quantitative estimate of drug-likeness (QED) is 0.809. The fourth-order valence-electron chi connectivity index (χ4n) is 2.54. The van der Waals surface area contributed by atoms with Crippen molar-refractivity contribution in [3.63, 3.8) is 0 Å². The Labute approximate surface area is 129 Å². The lowest BCUT2D eigenvalue weighted by Crippen LogP contribution is -2.39. The summed E-state index contributed by atoms with van der Waals surface area (Å²) in [6.45, 7) is 0.783. The second kappa shape index (κ2) is 8.08. The molecule has 0 radical (unpaired) electrons. The van der Waals surface area contributed by atoms with Gasteiger partial charge in [-0.2, -0.15) is 8.78 Å². The number of alkyl halides is 2. The average Bonchev–Trinajstić information content (AvgIpc) is 2.52. The zero-order valence-electron chi connectivity index (χ0n) is 12.6. The summed E-state index contributed by atoms with van der Waals surface area (Å²) in [6, 6.07) is 5.89. The molecule has 0 aliphatic carbocycles. The number of carbonyl (C=O) groups excluding carboxylic acids is 1. The first-order valence-electron chi connectivity index (χ1n) is 7.56. The summed E-state index contributed by atoms with van der Waals surface area (Å²) in [7, 11) is 0. The minimum atomic E-state index is -2.90. The van der Waals surface area contributed by atoms with Crippen LogP contribution in [0.25, 0.3) is 0 Å². The molecule has 0 bridgehead atoms. The van der Waals surface area contributed by atoms with Crippen LogP contribution >= 0.6 is 0 Å². The predicted octanol–water partition coefficient (Wildman–Crippen LogP) is 3.32. The summed E-state index contributed by atoms with van der Waals surface area (Å²) in [6.07, 6.45) is 3.16. The minimum Gasteiger partial charge on any atom is -0.435 e. The highest BCUT2D eigenvalue weighted by Gasteiger charge is 2.21. The molecule has 22 heavy (non-hydrogen) atoms. The lowest BCUT2D eigenvalue weighted by molar-refractivity contribution is -0.0499. The average molecular weight is 313 g/mol. The molecule has 2 rings (SSSR count). The van der Waals surface area contributed by atoms with E-state index in [0.29, 0.717) is 18.7 Å². The molecule has 0 aromatic heterocycles. The zero-order valence-corrected chi connectivity index (χ0v) is 12.6. The van der Waals surface area contributed by atoms with E-state index in [1.807, 2.05) is 6.92 Å². The van der Waals surface area contributed by atoms with E-state index in [0.717, 1.165) is 25.9 Å². The van der Waals surface area contributed by atoms with Gasteiger partial charge < -0.3 is 14.4 Å². The molecule has 1 aliphatic heterocycles. The van der Waals surface area contributed by atoms with Crippen molar-refractivity contribution in [2.24, 2.45) is 0 Å². The molecule has 122 valence electrons. The number of hydrogen-bond acceptors (Lipinski definition) is 3. The number of ether oxygens (including phenoxy) is 2. The molecule has 1 heterocycles. The van der Waals surface area contributed by atoms with E-state index in [1.54, 1.807) is 11.0 Å². The van der Waals surface area contributed by atoms with Crippen LogP contribution in [0.3, 0.4) is 0 Å². The number of benzene rings is 1. The van der Waals surface area contributed by atoms with Crippen molar-refractivity contribution in [1.29, 1.82) is 0 Å². The highest BCUT2D eigenvalue weighted by Crippen LogP contribution is 2.19. The van der Waals surface area contributed by atoms with Crippen LogP contribution in [-0.4, -0.2) is 43.2 Å². The van der Waals surface area contributed by atoms with E-state index < -0.39 is 6.61 Å². The van der Waals surface area contributed by atoms with Gasteiger partial charge in [-0.1, -0.05) is 6.07 Å². The molecule has 1 aliphatic rings. The van der Waals surface area contributed by atoms with Gasteiger partial charge >= 0.3 is 6.61 Å². The van der Waals surface area contributed by atoms with Crippen molar-refractivity contribution in [3.8, 4) is 5.75 Å². The molecule has 1 fully saturated rings. The molecule has 1 atom stereocenters. The minimum absolute atomic E-state index is 0.00850. The highest BCUT2D eigenvalue weighted by molar-refractivity contribution is 5.94. The number of halogens is 2. The third kappa shape index (κ3) is 4.66. The predicted molar refractivity (Wildman–Crippen MR) is 78.2 cm³/mol. The molecule has 1 saturated heterocycles. The van der Waals surface area contributed by atoms with Crippen LogP contribution in [0.2, 0.25) is 0 Å². The van der Waals surface area contributed by atoms with Crippen LogP contribution < -0.4 is 4.74 Å². The summed E-state index contributed by atoms with van der Waals surface area (Å²) in [5, 5.41) is 0. The Hall–Kier alpha value is -1.69. The third-order valence-electron chi connectivity index (χ3n) is 3.67. The molecule has 0 unspecified atom stereocenters. The monoisotopic (exact) mass is 313 g/mol. The van der Waals surface area contributed by atoms with Gasteiger partial charge in [0.25, 0.3) is 5.91 Å². The van der Waals surface area contributed by atoms with Gasteiger partial charge in [-0.05, 0) is 44.4 Å². The lowest BCUT2D eigenvalue weighted by Gasteiger charge is -2.29. The molecule has 1 aromatic rings. The first-order chi connectivity index (χ1) is 10.6. The van der Waals surface area contributed by atoms with Gasteiger partial charge in [-0.3, -0.25) is 4.79 Å². The van der Waals surface area contributed by atoms with E-state index in [-0.39, 0.29) is 17.8 Å². The first-order valence-corrected chi connectivity index (χ1v) is 7.56. The van der Waals surface area contributed by atoms with Crippen molar-refractivity contribution < 1.29 is 23.0 Å². The van der Waals surface area contributed by atoms with Crippen LogP contribution in [0.1, 0.15) is 36.5 Å². The van der Waals surface area contributed by atoms with Crippen LogP contribution in [-0.2, 0) is 4.74 Å². The van der Waals surface area contributed by atoms with Gasteiger partial charge in [0.1, 0.15) is 5.75 Å². The van der Waals surface area contributed by atoms with E-state index in [1.165, 1.54) is 18.2 Å². The number of nitrogens with zero attached hydrogens (tertiary/aromatic N) is 1. The number of rotatable bonds is 6. The summed E-state index contributed by atoms with van der Waals surface area (Å²) in [4.78, 5) is 14.2. The van der Waals surface area contributed by atoms with E-state index in [9.17, 15) is 13.6 Å². The van der Waals surface area contributed by atoms with E-state index in [4.69, 9.17) is 4.74 Å². The number of likely N-dealkylation sites (N-methyl/N-ethyl adjacent to an activating group) is 1. The van der Waals surface area contributed by atoms with Crippen molar-refractivity contribution in [3.05, 3.63) is 29.8 Å². The fraction of sp³-hybridized carbons (Fsp3) is 0.562. The molecule has 0 spiro atoms. The largest absolute Gasteiger partial charge is 0.435 e. The summed E-state index contributed by atoms with van der Waals surface area (Å²) < 4.78 is 34.5. The Bertz CT molecular complexity index is 490. The maximum Gasteiger partial charge on any atom is 0.387 e. The van der Waals surface area contributed by atoms with E-state index >= 15 is 0 Å². The third-order valence-corrected chi connectivity index (χ3v) is 3.67. The molecular formula is C16H21F2NO3. The van der Waals surface area contributed by atoms with Gasteiger partial charge in [-0.25, -0.2) is 0 Å². The Morgan fingerprint density at radius 2 is 2.27 bits per heavy atom. The van der Waals surface area contributed by atoms with Gasteiger partial charge in [0.15, 0.2) is 0 Å². The number of amides is 1. The highest BCUT2D eigenvalue weighted by atomic mass is 19.3. The van der Waals surface area contributed by atoms with Crippen LogP contribution in [0.5, 0.6) is 5.75 Å². The fourth-order valence-corrected chi connectivity index (χ4v) is 2.54. The van der Waals surface area contributed by atoms with Gasteiger partial charge in [0, 0.05) is 25.3 Å². The molecule has 1 amide bonds. The molecule has 0 saturated carbocycles. The van der Waals surface area contributed by atoms with Gasteiger partial charge in [-0.15, -0.1) is 0 Å². The van der Waals surface area contributed by atoms with Crippen molar-refractivity contribution in [2.75, 3.05) is 19.7 Å². The Morgan fingerprint density at radius 1 is 1.45 bits per heavy atom. The summed E-state index contributed by atoms with van der Waals surface area (Å²) >= 11 is 0. The Morgan fingerprint density at radius 3 is 2.91 bits per heavy atom. The molecular weight excluding hydrogens is 292 g/mol. The van der Waals surface area contributed by atoms with Gasteiger partial charge in [0.2, 0.25) is 0 Å². The van der Waals surface area contributed by atoms with Crippen LogP contribution in [0.15, 0.2) is 24.3 Å². The van der Waals surface area contributed by atoms with Crippen LogP contribution in [0, 0.1) is 0 Å². The topological polar surface area (TPSA) is 38.8 Å². The normalized spacial score (nSPS) is 18.3. The second-order valence-corrected chi connectivity index (χ2v) is 5.24. The second-order valence-electron chi connectivity index (χ2n) is 5.24. The van der Waals surface area contributed by atoms with Gasteiger partial charge in [0.05, 0.1) is 6.10 Å². The molecule has 4 nitrogen and oxygen atoms in total. The first kappa shape index (κ1) is 16.7. The van der Waals surface area contributed by atoms with Crippen molar-refractivity contribution in [1.82, 2.24) is 4.90 Å². The Balaban J connectivity index is 2.03. The molecule has 0 N–H and O–H groups in total. The lowest BCUT2D eigenvalue weighted by atomic mass is 10.1. The Kier molecular flexibility index (Phi) is 6.12. The molecule has 1 aromatic carbocycles. The maximum atomic E-state index is 12.5. The van der Waals surface area contributed by atoms with Crippen molar-refractivity contribution >= 4 is 5.91 Å². The number of carbonyl (C=O) groups is 1. The SMILES string of the molecule is CCN(C[C@H]1CCCCO1)C(=O)c1cccc(OC(F)F)c1. The summed E-state index contributed by atoms with van der Waals surface area (Å²) in [5.74, 6) is -0.206. The van der Waals surface area contributed by atoms with Crippen molar-refractivity contribution in [2.45, 2.75) is 38.9 Å². The number of hydrogen-bond donors (Lipinski definition) is 0. The maximum absolute atomic E-state index is 12.5. The molecule has 6 heteroatoms. The van der Waals surface area contributed by atoms with Crippen LogP contribution in [0.4, 0.5) is 8.78 Å².